The average Bonchev–Trinajstić information content (AvgIpc) is 3.34. The molecule has 0 N–H and O–H groups in total. The van der Waals surface area contributed by atoms with Gasteiger partial charge in [0.25, 0.3) is 0 Å². The number of ether oxygens (including phenoxy) is 1. The summed E-state index contributed by atoms with van der Waals surface area (Å²) in [6.45, 7) is 18.2. The predicted molar refractivity (Wildman–Crippen MR) is 267 cm³/mol. The van der Waals surface area contributed by atoms with E-state index in [1.165, 1.54) is 11.1 Å². The summed E-state index contributed by atoms with van der Waals surface area (Å²) in [7, 11) is 0. The van der Waals surface area contributed by atoms with Gasteiger partial charge in [-0.2, -0.15) is 0 Å². The highest BCUT2D eigenvalue weighted by Crippen LogP contribution is 2.56. The van der Waals surface area contributed by atoms with Crippen LogP contribution in [0.25, 0.3) is 79.5 Å². The minimum Gasteiger partial charge on any atom is -0.455 e. The van der Waals surface area contributed by atoms with Crippen molar-refractivity contribution >= 4 is 0 Å². The zero-order valence-electron chi connectivity index (χ0n) is 38.8. The predicted octanol–water partition coefficient (Wildman–Crippen LogP) is 14.8. The molecule has 10 rings (SSSR count). The molecule has 2 aromatic heterocycles. The van der Waals surface area contributed by atoms with Crippen molar-refractivity contribution in [2.24, 2.45) is 0 Å². The average molecular weight is 861 g/mol. The van der Waals surface area contributed by atoms with E-state index in [1.54, 1.807) is 0 Å². The van der Waals surface area contributed by atoms with Crippen molar-refractivity contribution in [1.82, 2.24) is 29.9 Å². The Morgan fingerprint density at radius 1 is 0.333 bits per heavy atom. The first-order valence-electron chi connectivity index (χ1n) is 22.6. The molecule has 0 saturated heterocycles. The van der Waals surface area contributed by atoms with Gasteiger partial charge in [-0.3, -0.25) is 0 Å². The van der Waals surface area contributed by atoms with Crippen LogP contribution >= 0.6 is 0 Å². The summed E-state index contributed by atoms with van der Waals surface area (Å²) in [6, 6.07) is 58.1. The second-order valence-corrected chi connectivity index (χ2v) is 19.7. The van der Waals surface area contributed by atoms with Gasteiger partial charge in [0.1, 0.15) is 11.5 Å². The van der Waals surface area contributed by atoms with Crippen molar-refractivity contribution in [2.75, 3.05) is 0 Å². The van der Waals surface area contributed by atoms with Crippen LogP contribution in [0.1, 0.15) is 77.6 Å². The number of hydrogen-bond donors (Lipinski definition) is 0. The Bertz CT molecular complexity index is 3130. The van der Waals surface area contributed by atoms with Crippen LogP contribution in [0, 0.1) is 0 Å². The van der Waals surface area contributed by atoms with Gasteiger partial charge in [-0.25, -0.2) is 29.9 Å². The van der Waals surface area contributed by atoms with Gasteiger partial charge in [0, 0.05) is 49.9 Å². The van der Waals surface area contributed by atoms with Crippen molar-refractivity contribution < 1.29 is 4.74 Å². The Hall–Kier alpha value is -7.64. The fourth-order valence-corrected chi connectivity index (χ4v) is 8.59. The van der Waals surface area contributed by atoms with Gasteiger partial charge in [-0.1, -0.05) is 207 Å². The van der Waals surface area contributed by atoms with E-state index >= 15 is 0 Å². The topological polar surface area (TPSA) is 86.6 Å². The van der Waals surface area contributed by atoms with Crippen molar-refractivity contribution in [3.63, 3.8) is 0 Å². The maximum Gasteiger partial charge on any atom is 0.167 e. The smallest absolute Gasteiger partial charge is 0.167 e. The maximum absolute atomic E-state index is 7.47. The molecule has 0 amide bonds. The molecule has 1 aliphatic rings. The molecule has 0 fully saturated rings. The third kappa shape index (κ3) is 8.06. The quantitative estimate of drug-likeness (QED) is 0.158. The summed E-state index contributed by atoms with van der Waals surface area (Å²) in [5, 5.41) is 0. The Morgan fingerprint density at radius 3 is 1.05 bits per heavy atom. The van der Waals surface area contributed by atoms with Gasteiger partial charge >= 0.3 is 0 Å². The minimum absolute atomic E-state index is 0.161. The van der Waals surface area contributed by atoms with Gasteiger partial charge in [-0.05, 0) is 45.7 Å². The van der Waals surface area contributed by atoms with Crippen molar-refractivity contribution in [3.05, 3.63) is 192 Å². The van der Waals surface area contributed by atoms with E-state index in [0.717, 1.165) is 67.1 Å². The van der Waals surface area contributed by atoms with Gasteiger partial charge in [0.15, 0.2) is 34.9 Å². The Labute approximate surface area is 387 Å². The normalized spacial score (nSPS) is 13.1. The molecule has 9 aromatic rings. The fraction of sp³-hybridized carbons (Fsp3) is 0.186. The number of aromatic nitrogens is 6. The molecule has 0 aliphatic carbocycles. The van der Waals surface area contributed by atoms with E-state index < -0.39 is 5.41 Å². The van der Waals surface area contributed by atoms with E-state index in [-0.39, 0.29) is 10.8 Å². The third-order valence-corrected chi connectivity index (χ3v) is 12.5. The molecule has 0 atom stereocenters. The van der Waals surface area contributed by atoms with Crippen LogP contribution in [0.2, 0.25) is 0 Å². The summed E-state index contributed by atoms with van der Waals surface area (Å²) in [5.41, 5.74) is 11.1. The molecule has 0 bridgehead atoms. The number of hydrogen-bond acceptors (Lipinski definition) is 7. The van der Waals surface area contributed by atoms with E-state index in [0.29, 0.717) is 34.9 Å². The minimum atomic E-state index is -0.493. The first-order valence-corrected chi connectivity index (χ1v) is 22.6. The zero-order chi connectivity index (χ0) is 45.8. The number of benzene rings is 7. The van der Waals surface area contributed by atoms with Crippen molar-refractivity contribution in [1.29, 1.82) is 0 Å². The van der Waals surface area contributed by atoms with Crippen LogP contribution in [-0.4, -0.2) is 29.9 Å². The number of rotatable bonds is 7. The molecule has 7 nitrogen and oxygen atoms in total. The molecule has 0 unspecified atom stereocenters. The molecule has 324 valence electrons. The molecule has 7 aromatic carbocycles. The summed E-state index contributed by atoms with van der Waals surface area (Å²) >= 11 is 0. The Kier molecular flexibility index (Phi) is 10.5. The lowest BCUT2D eigenvalue weighted by molar-refractivity contribution is 0.417. The van der Waals surface area contributed by atoms with Gasteiger partial charge in [0.2, 0.25) is 0 Å². The summed E-state index contributed by atoms with van der Waals surface area (Å²) in [5.74, 6) is 5.11. The standard InChI is InChI=1S/C59H52N6O/c1-57(2,3)43-33-45(41-30-21-31-42(32-41)55-62-51(37-22-13-9-14-23-37)60-52(63-55)38-24-15-10-16-25-38)49-47(35-43)59(7,8)48-36-44(58(4,5)6)34-46(50(48)66-49)56-64-53(39-26-17-11-18-27-39)61-54(65-56)40-28-19-12-20-29-40/h9-36H,1-8H3. The van der Waals surface area contributed by atoms with Crippen LogP contribution in [0.4, 0.5) is 0 Å². The van der Waals surface area contributed by atoms with Crippen molar-refractivity contribution in [3.8, 4) is 91.0 Å². The van der Waals surface area contributed by atoms with E-state index in [1.807, 2.05) is 121 Å². The first kappa shape index (κ1) is 42.3. The highest BCUT2D eigenvalue weighted by molar-refractivity contribution is 5.83. The summed E-state index contributed by atoms with van der Waals surface area (Å²) in [4.78, 5) is 30.7. The molecule has 1 aliphatic heterocycles. The fourth-order valence-electron chi connectivity index (χ4n) is 8.59. The molecular weight excluding hydrogens is 809 g/mol. The second-order valence-electron chi connectivity index (χ2n) is 19.7. The largest absolute Gasteiger partial charge is 0.455 e. The van der Waals surface area contributed by atoms with Crippen LogP contribution < -0.4 is 4.74 Å². The number of fused-ring (bicyclic) bond motifs is 2. The number of nitrogens with zero attached hydrogens (tertiary/aromatic N) is 6. The van der Waals surface area contributed by atoms with Gasteiger partial charge in [0.05, 0.1) is 5.56 Å². The molecular formula is C59H52N6O. The second kappa shape index (κ2) is 16.4. The highest BCUT2D eigenvalue weighted by Gasteiger charge is 2.40. The monoisotopic (exact) mass is 860 g/mol. The van der Waals surface area contributed by atoms with E-state index in [4.69, 9.17) is 34.6 Å². The highest BCUT2D eigenvalue weighted by atomic mass is 16.5. The lowest BCUT2D eigenvalue weighted by atomic mass is 9.70. The SMILES string of the molecule is CC(C)(C)c1cc(-c2cccc(-c3nc(-c4ccccc4)nc(-c4ccccc4)n3)c2)c2c(c1)C(C)(C)c1cc(C(C)(C)C)cc(-c3nc(-c4ccccc4)nc(-c4ccccc4)n3)c1O2. The van der Waals surface area contributed by atoms with E-state index in [9.17, 15) is 0 Å². The maximum atomic E-state index is 7.47. The Balaban J connectivity index is 1.19. The van der Waals surface area contributed by atoms with Crippen LogP contribution in [0.3, 0.4) is 0 Å². The lowest BCUT2D eigenvalue weighted by Crippen LogP contribution is -2.27. The molecule has 0 spiro atoms. The zero-order valence-corrected chi connectivity index (χ0v) is 38.8. The molecule has 66 heavy (non-hydrogen) atoms. The molecule has 3 heterocycles. The van der Waals surface area contributed by atoms with E-state index in [2.05, 4.69) is 104 Å². The summed E-state index contributed by atoms with van der Waals surface area (Å²) in [6.07, 6.45) is 0. The Morgan fingerprint density at radius 2 is 0.652 bits per heavy atom. The van der Waals surface area contributed by atoms with Crippen LogP contribution in [-0.2, 0) is 16.2 Å². The van der Waals surface area contributed by atoms with Crippen LogP contribution in [0.15, 0.2) is 170 Å². The lowest BCUT2D eigenvalue weighted by Gasteiger charge is -2.39. The third-order valence-electron chi connectivity index (χ3n) is 12.5. The molecule has 0 radical (unpaired) electrons. The summed E-state index contributed by atoms with van der Waals surface area (Å²) < 4.78 is 7.47. The van der Waals surface area contributed by atoms with Gasteiger partial charge in [-0.15, -0.1) is 0 Å². The molecule has 7 heteroatoms. The van der Waals surface area contributed by atoms with Gasteiger partial charge < -0.3 is 4.74 Å². The first-order chi connectivity index (χ1) is 31.7. The molecule has 0 saturated carbocycles. The van der Waals surface area contributed by atoms with Crippen molar-refractivity contribution in [2.45, 2.75) is 71.6 Å². The van der Waals surface area contributed by atoms with Crippen LogP contribution in [0.5, 0.6) is 11.5 Å².